The van der Waals surface area contributed by atoms with Crippen LogP contribution in [0.3, 0.4) is 0 Å². The second-order valence-electron chi connectivity index (χ2n) is 24.1. The topological polar surface area (TPSA) is 78.9 Å². The van der Waals surface area contributed by atoms with Crippen molar-refractivity contribution in [3.05, 3.63) is 24.3 Å². The molecule has 460 valence electrons. The molecule has 6 heteroatoms. The van der Waals surface area contributed by atoms with Gasteiger partial charge >= 0.3 is 17.9 Å². The summed E-state index contributed by atoms with van der Waals surface area (Å²) >= 11 is 0. The van der Waals surface area contributed by atoms with Gasteiger partial charge in [-0.1, -0.05) is 334 Å². The SMILES string of the molecule is CCCCCCCC/C=C\CCCCCCCCCCCC(=O)OC(COC(=O)CCCCCCCCC/C=C\CCCCCCCC)COC(=O)CCCCCCCCCCCCCCCCCCCCCCCCCC. The largest absolute Gasteiger partial charge is 0.462 e. The Labute approximate surface area is 487 Å². The minimum Gasteiger partial charge on any atom is -0.462 e. The van der Waals surface area contributed by atoms with Crippen LogP contribution in [0, 0.1) is 0 Å². The molecule has 0 rings (SSSR count). The van der Waals surface area contributed by atoms with E-state index in [1.807, 2.05) is 0 Å². The third-order valence-corrected chi connectivity index (χ3v) is 16.2. The Kier molecular flexibility index (Phi) is 65.6. The van der Waals surface area contributed by atoms with E-state index < -0.39 is 6.10 Å². The number of carbonyl (C=O) groups excluding carboxylic acids is 3. The molecule has 0 aliphatic carbocycles. The molecule has 0 heterocycles. The maximum Gasteiger partial charge on any atom is 0.306 e. The van der Waals surface area contributed by atoms with Crippen LogP contribution >= 0.6 is 0 Å². The van der Waals surface area contributed by atoms with Crippen LogP contribution in [0.1, 0.15) is 400 Å². The Morgan fingerprint density at radius 3 is 0.641 bits per heavy atom. The Morgan fingerprint density at radius 2 is 0.423 bits per heavy atom. The van der Waals surface area contributed by atoms with Gasteiger partial charge in [-0.3, -0.25) is 14.4 Å². The highest BCUT2D eigenvalue weighted by Gasteiger charge is 2.19. The average molecular weight is 1100 g/mol. The molecule has 0 aromatic carbocycles. The van der Waals surface area contributed by atoms with Gasteiger partial charge < -0.3 is 14.2 Å². The fraction of sp³-hybridized carbons (Fsp3) is 0.903. The predicted octanol–water partition coefficient (Wildman–Crippen LogP) is 24.2. The number of hydrogen-bond acceptors (Lipinski definition) is 6. The molecule has 0 amide bonds. The number of esters is 3. The van der Waals surface area contributed by atoms with E-state index in [1.165, 1.54) is 302 Å². The summed E-state index contributed by atoms with van der Waals surface area (Å²) in [6, 6.07) is 0. The van der Waals surface area contributed by atoms with Crippen molar-refractivity contribution in [3.8, 4) is 0 Å². The molecule has 0 spiro atoms. The quantitative estimate of drug-likeness (QED) is 0.0261. The Morgan fingerprint density at radius 1 is 0.244 bits per heavy atom. The predicted molar refractivity (Wildman–Crippen MR) is 340 cm³/mol. The van der Waals surface area contributed by atoms with Gasteiger partial charge in [-0.25, -0.2) is 0 Å². The summed E-state index contributed by atoms with van der Waals surface area (Å²) in [6.07, 6.45) is 82.0. The third-order valence-electron chi connectivity index (χ3n) is 16.2. The van der Waals surface area contributed by atoms with Crippen LogP contribution in [0.25, 0.3) is 0 Å². The highest BCUT2D eigenvalue weighted by atomic mass is 16.6. The number of hydrogen-bond donors (Lipinski definition) is 0. The molecule has 0 saturated carbocycles. The summed E-state index contributed by atoms with van der Waals surface area (Å²) < 4.78 is 17.0. The molecule has 0 aliphatic rings. The molecule has 1 unspecified atom stereocenters. The minimum atomic E-state index is -0.772. The first kappa shape index (κ1) is 75.9. The van der Waals surface area contributed by atoms with Gasteiger partial charge in [0.1, 0.15) is 13.2 Å². The first-order valence-corrected chi connectivity index (χ1v) is 35.3. The Balaban J connectivity index is 4.28. The number of ether oxygens (including phenoxy) is 3. The fourth-order valence-corrected chi connectivity index (χ4v) is 10.8. The lowest BCUT2D eigenvalue weighted by Crippen LogP contribution is -2.30. The molecule has 0 aliphatic heterocycles. The maximum atomic E-state index is 12.9. The lowest BCUT2D eigenvalue weighted by Gasteiger charge is -2.18. The van der Waals surface area contributed by atoms with E-state index >= 15 is 0 Å². The van der Waals surface area contributed by atoms with Crippen LogP contribution in [-0.2, 0) is 28.6 Å². The van der Waals surface area contributed by atoms with Crippen LogP contribution < -0.4 is 0 Å². The monoisotopic (exact) mass is 1100 g/mol. The zero-order chi connectivity index (χ0) is 56.4. The minimum absolute atomic E-state index is 0.0678. The summed E-state index contributed by atoms with van der Waals surface area (Å²) in [4.78, 5) is 38.5. The molecular weight excluding hydrogens is 961 g/mol. The molecule has 0 saturated heterocycles. The molecule has 1 atom stereocenters. The number of carbonyl (C=O) groups is 3. The molecule has 0 aromatic heterocycles. The van der Waals surface area contributed by atoms with E-state index in [0.717, 1.165) is 57.8 Å². The van der Waals surface area contributed by atoms with Gasteiger partial charge in [0.25, 0.3) is 0 Å². The van der Waals surface area contributed by atoms with Gasteiger partial charge in [-0.2, -0.15) is 0 Å². The van der Waals surface area contributed by atoms with Crippen molar-refractivity contribution in [2.45, 2.75) is 406 Å². The summed E-state index contributed by atoms with van der Waals surface area (Å²) in [7, 11) is 0. The number of unbranched alkanes of at least 4 members (excludes halogenated alkanes) is 51. The standard InChI is InChI=1S/C72H136O6/c1-4-7-10-13-16-19-22-25-28-31-33-34-35-36-37-39-41-44-47-50-53-56-59-62-65-71(74)77-68-69(67-76-70(73)64-61-58-55-52-49-46-43-40-30-27-24-21-18-15-12-9-6-3)78-72(75)66-63-60-57-54-51-48-45-42-38-32-29-26-23-20-17-14-11-8-5-2/h26-27,29-30,69H,4-25,28,31-68H2,1-3H3/b29-26-,30-27-. The van der Waals surface area contributed by atoms with Crippen LogP contribution in [0.2, 0.25) is 0 Å². The van der Waals surface area contributed by atoms with E-state index in [4.69, 9.17) is 14.2 Å². The van der Waals surface area contributed by atoms with Crippen molar-refractivity contribution in [2.75, 3.05) is 13.2 Å². The molecule has 0 N–H and O–H groups in total. The van der Waals surface area contributed by atoms with Crippen molar-refractivity contribution < 1.29 is 28.6 Å². The Bertz CT molecular complexity index is 1260. The first-order chi connectivity index (χ1) is 38.5. The van der Waals surface area contributed by atoms with Crippen LogP contribution in [0.15, 0.2) is 24.3 Å². The van der Waals surface area contributed by atoms with Crippen LogP contribution in [-0.4, -0.2) is 37.2 Å². The lowest BCUT2D eigenvalue weighted by atomic mass is 10.0. The highest BCUT2D eigenvalue weighted by molar-refractivity contribution is 5.71. The number of allylic oxidation sites excluding steroid dienone is 4. The molecule has 0 aromatic rings. The van der Waals surface area contributed by atoms with Crippen LogP contribution in [0.4, 0.5) is 0 Å². The highest BCUT2D eigenvalue weighted by Crippen LogP contribution is 2.19. The molecular formula is C72H136O6. The van der Waals surface area contributed by atoms with E-state index in [1.54, 1.807) is 0 Å². The average Bonchev–Trinajstić information content (AvgIpc) is 3.44. The zero-order valence-corrected chi connectivity index (χ0v) is 53.0. The second-order valence-corrected chi connectivity index (χ2v) is 24.1. The first-order valence-electron chi connectivity index (χ1n) is 35.3. The number of rotatable bonds is 66. The zero-order valence-electron chi connectivity index (χ0n) is 53.0. The molecule has 0 radical (unpaired) electrons. The normalized spacial score (nSPS) is 12.1. The van der Waals surface area contributed by atoms with E-state index in [2.05, 4.69) is 45.1 Å². The van der Waals surface area contributed by atoms with Crippen molar-refractivity contribution >= 4 is 17.9 Å². The Hall–Kier alpha value is -2.11. The summed E-state index contributed by atoms with van der Waals surface area (Å²) in [5, 5.41) is 0. The summed E-state index contributed by atoms with van der Waals surface area (Å²) in [6.45, 7) is 6.71. The van der Waals surface area contributed by atoms with Crippen molar-refractivity contribution in [2.24, 2.45) is 0 Å². The van der Waals surface area contributed by atoms with E-state index in [0.29, 0.717) is 19.3 Å². The molecule has 0 bridgehead atoms. The van der Waals surface area contributed by atoms with Gasteiger partial charge in [-0.05, 0) is 70.6 Å². The van der Waals surface area contributed by atoms with Gasteiger partial charge in [-0.15, -0.1) is 0 Å². The summed E-state index contributed by atoms with van der Waals surface area (Å²) in [5.41, 5.74) is 0. The van der Waals surface area contributed by atoms with Crippen molar-refractivity contribution in [3.63, 3.8) is 0 Å². The molecule has 78 heavy (non-hydrogen) atoms. The maximum absolute atomic E-state index is 12.9. The van der Waals surface area contributed by atoms with Gasteiger partial charge in [0.15, 0.2) is 6.10 Å². The lowest BCUT2D eigenvalue weighted by molar-refractivity contribution is -0.167. The van der Waals surface area contributed by atoms with Gasteiger partial charge in [0.05, 0.1) is 0 Å². The van der Waals surface area contributed by atoms with Crippen molar-refractivity contribution in [1.82, 2.24) is 0 Å². The smallest absolute Gasteiger partial charge is 0.306 e. The van der Waals surface area contributed by atoms with E-state index in [9.17, 15) is 14.4 Å². The second kappa shape index (κ2) is 67.4. The van der Waals surface area contributed by atoms with Crippen molar-refractivity contribution in [1.29, 1.82) is 0 Å². The van der Waals surface area contributed by atoms with E-state index in [-0.39, 0.29) is 31.1 Å². The molecule has 0 fully saturated rings. The third kappa shape index (κ3) is 64.7. The van der Waals surface area contributed by atoms with Gasteiger partial charge in [0.2, 0.25) is 0 Å². The summed E-state index contributed by atoms with van der Waals surface area (Å²) in [5.74, 6) is -0.843. The molecule has 6 nitrogen and oxygen atoms in total. The van der Waals surface area contributed by atoms with Crippen LogP contribution in [0.5, 0.6) is 0 Å². The fourth-order valence-electron chi connectivity index (χ4n) is 10.8. The van der Waals surface area contributed by atoms with Gasteiger partial charge in [0, 0.05) is 19.3 Å².